The van der Waals surface area contributed by atoms with E-state index in [0.717, 1.165) is 28.1 Å². The fourth-order valence-electron chi connectivity index (χ4n) is 2.13. The second-order valence-corrected chi connectivity index (χ2v) is 4.29. The molecule has 0 aliphatic carbocycles. The van der Waals surface area contributed by atoms with Crippen molar-refractivity contribution in [1.82, 2.24) is 4.57 Å². The maximum absolute atomic E-state index is 8.99. The summed E-state index contributed by atoms with van der Waals surface area (Å²) in [5.41, 5.74) is 11.3. The van der Waals surface area contributed by atoms with Crippen LogP contribution < -0.4 is 5.73 Å². The molecule has 0 saturated carbocycles. The van der Waals surface area contributed by atoms with Crippen LogP contribution in [0.15, 0.2) is 30.5 Å². The van der Waals surface area contributed by atoms with Gasteiger partial charge in [-0.1, -0.05) is 12.1 Å². The van der Waals surface area contributed by atoms with Crippen molar-refractivity contribution < 1.29 is 5.11 Å². The summed E-state index contributed by atoms with van der Waals surface area (Å²) in [5.74, 6) is 0. The summed E-state index contributed by atoms with van der Waals surface area (Å²) in [6, 6.07) is 8.13. The number of aromatic nitrogens is 1. The highest BCUT2D eigenvalue weighted by molar-refractivity contribution is 5.77. The van der Waals surface area contributed by atoms with E-state index in [0.29, 0.717) is 6.42 Å². The summed E-state index contributed by atoms with van der Waals surface area (Å²) < 4.78 is 2.05. The van der Waals surface area contributed by atoms with Gasteiger partial charge < -0.3 is 15.4 Å². The smallest absolute Gasteiger partial charge is 0.0498 e. The molecular weight excluding hydrogens is 212 g/mol. The van der Waals surface area contributed by atoms with Crippen LogP contribution in [0.4, 0.5) is 5.69 Å². The number of rotatable bonds is 3. The first-order chi connectivity index (χ1) is 8.15. The first kappa shape index (κ1) is 11.7. The van der Waals surface area contributed by atoms with Crippen LogP contribution in [0, 0.1) is 6.92 Å². The Morgan fingerprint density at radius 1 is 1.29 bits per heavy atom. The van der Waals surface area contributed by atoms with Gasteiger partial charge in [0.05, 0.1) is 0 Å². The van der Waals surface area contributed by atoms with Gasteiger partial charge in [-0.25, -0.2) is 0 Å². The molecule has 1 heterocycles. The van der Waals surface area contributed by atoms with Crippen LogP contribution in [0.3, 0.4) is 0 Å². The van der Waals surface area contributed by atoms with Crippen molar-refractivity contribution >= 4 is 5.69 Å². The minimum atomic E-state index is 0.157. The summed E-state index contributed by atoms with van der Waals surface area (Å²) in [5, 5.41) is 8.99. The number of benzene rings is 1. The normalized spacial score (nSPS) is 10.8. The molecule has 0 radical (unpaired) electrons. The van der Waals surface area contributed by atoms with E-state index in [9.17, 15) is 0 Å². The van der Waals surface area contributed by atoms with E-state index in [1.54, 1.807) is 0 Å². The molecule has 0 atom stereocenters. The van der Waals surface area contributed by atoms with Crippen LogP contribution in [-0.2, 0) is 13.5 Å². The van der Waals surface area contributed by atoms with Crippen LogP contribution in [0.1, 0.15) is 11.1 Å². The maximum Gasteiger partial charge on any atom is 0.0498 e. The lowest BCUT2D eigenvalue weighted by Gasteiger charge is -2.13. The molecule has 1 aromatic carbocycles. The van der Waals surface area contributed by atoms with E-state index in [-0.39, 0.29) is 6.61 Å². The average molecular weight is 230 g/mol. The van der Waals surface area contributed by atoms with Crippen molar-refractivity contribution in [2.45, 2.75) is 13.3 Å². The zero-order valence-electron chi connectivity index (χ0n) is 10.3. The molecule has 0 saturated heterocycles. The Labute approximate surface area is 102 Å². The topological polar surface area (TPSA) is 51.2 Å². The maximum atomic E-state index is 8.99. The zero-order chi connectivity index (χ0) is 12.4. The number of nitrogens with zero attached hydrogens (tertiary/aromatic N) is 1. The summed E-state index contributed by atoms with van der Waals surface area (Å²) in [4.78, 5) is 0. The number of aliphatic hydroxyl groups is 1. The van der Waals surface area contributed by atoms with Crippen molar-refractivity contribution in [3.05, 3.63) is 41.6 Å². The Morgan fingerprint density at radius 3 is 2.65 bits per heavy atom. The molecular formula is C14H18N2O. The molecule has 0 aliphatic heterocycles. The third kappa shape index (κ3) is 2.06. The molecule has 1 aromatic heterocycles. The molecule has 3 N–H and O–H groups in total. The Hall–Kier alpha value is -1.74. The Balaban J connectivity index is 2.51. The first-order valence-electron chi connectivity index (χ1n) is 5.75. The van der Waals surface area contributed by atoms with Crippen molar-refractivity contribution in [1.29, 1.82) is 0 Å². The Bertz CT molecular complexity index is 529. The van der Waals surface area contributed by atoms with Crippen LogP contribution >= 0.6 is 0 Å². The van der Waals surface area contributed by atoms with Crippen molar-refractivity contribution in [2.24, 2.45) is 7.05 Å². The SMILES string of the molecule is Cc1c(CCO)ccc(-c2cccn2C)c1N. The number of nitrogens with two attached hydrogens (primary N) is 1. The quantitative estimate of drug-likeness (QED) is 0.793. The van der Waals surface area contributed by atoms with Gasteiger partial charge in [0.15, 0.2) is 0 Å². The fourth-order valence-corrected chi connectivity index (χ4v) is 2.13. The van der Waals surface area contributed by atoms with Gasteiger partial charge in [0, 0.05) is 36.8 Å². The van der Waals surface area contributed by atoms with Gasteiger partial charge >= 0.3 is 0 Å². The van der Waals surface area contributed by atoms with E-state index < -0.39 is 0 Å². The van der Waals surface area contributed by atoms with Crippen molar-refractivity contribution in [2.75, 3.05) is 12.3 Å². The molecule has 2 rings (SSSR count). The van der Waals surface area contributed by atoms with Gasteiger partial charge in [-0.05, 0) is 36.6 Å². The molecule has 0 unspecified atom stereocenters. The predicted octanol–water partition coefficient (Wildman–Crippen LogP) is 2.12. The van der Waals surface area contributed by atoms with Gasteiger partial charge in [0.2, 0.25) is 0 Å². The summed E-state index contributed by atoms with van der Waals surface area (Å²) in [6.07, 6.45) is 2.66. The van der Waals surface area contributed by atoms with Crippen molar-refractivity contribution in [3.63, 3.8) is 0 Å². The number of aliphatic hydroxyl groups excluding tert-OH is 1. The molecule has 3 nitrogen and oxygen atoms in total. The van der Waals surface area contributed by atoms with E-state index in [1.807, 2.05) is 38.4 Å². The molecule has 90 valence electrons. The molecule has 0 fully saturated rings. The molecule has 17 heavy (non-hydrogen) atoms. The largest absolute Gasteiger partial charge is 0.398 e. The fraction of sp³-hybridized carbons (Fsp3) is 0.286. The first-order valence-corrected chi connectivity index (χ1v) is 5.75. The van der Waals surface area contributed by atoms with Crippen LogP contribution in [0.2, 0.25) is 0 Å². The third-order valence-electron chi connectivity index (χ3n) is 3.23. The Kier molecular flexibility index (Phi) is 3.20. The van der Waals surface area contributed by atoms with Crippen LogP contribution in [-0.4, -0.2) is 16.3 Å². The molecule has 0 spiro atoms. The van der Waals surface area contributed by atoms with Crippen LogP contribution in [0.25, 0.3) is 11.3 Å². The monoisotopic (exact) mass is 230 g/mol. The van der Waals surface area contributed by atoms with Gasteiger partial charge in [0.25, 0.3) is 0 Å². The van der Waals surface area contributed by atoms with Gasteiger partial charge in [0.1, 0.15) is 0 Å². The lowest BCUT2D eigenvalue weighted by Crippen LogP contribution is -2.02. The lowest BCUT2D eigenvalue weighted by molar-refractivity contribution is 0.299. The second kappa shape index (κ2) is 4.63. The number of nitrogen functional groups attached to an aromatic ring is 1. The number of aryl methyl sites for hydroxylation is 1. The third-order valence-corrected chi connectivity index (χ3v) is 3.23. The molecule has 0 bridgehead atoms. The van der Waals surface area contributed by atoms with Gasteiger partial charge in [-0.15, -0.1) is 0 Å². The predicted molar refractivity (Wildman–Crippen MR) is 70.8 cm³/mol. The zero-order valence-corrected chi connectivity index (χ0v) is 10.3. The summed E-state index contributed by atoms with van der Waals surface area (Å²) in [6.45, 7) is 2.16. The lowest BCUT2D eigenvalue weighted by atomic mass is 9.98. The van der Waals surface area contributed by atoms with Gasteiger partial charge in [-0.2, -0.15) is 0 Å². The number of hydrogen-bond donors (Lipinski definition) is 2. The van der Waals surface area contributed by atoms with E-state index in [1.165, 1.54) is 0 Å². The van der Waals surface area contributed by atoms with Gasteiger partial charge in [-0.3, -0.25) is 0 Å². The summed E-state index contributed by atoms with van der Waals surface area (Å²) >= 11 is 0. The van der Waals surface area contributed by atoms with Crippen LogP contribution in [0.5, 0.6) is 0 Å². The highest BCUT2D eigenvalue weighted by Crippen LogP contribution is 2.30. The average Bonchev–Trinajstić information content (AvgIpc) is 2.72. The molecule has 2 aromatic rings. The van der Waals surface area contributed by atoms with E-state index >= 15 is 0 Å². The minimum absolute atomic E-state index is 0.157. The van der Waals surface area contributed by atoms with E-state index in [4.69, 9.17) is 10.8 Å². The molecule has 3 heteroatoms. The highest BCUT2D eigenvalue weighted by Gasteiger charge is 2.10. The number of anilines is 1. The molecule has 0 aliphatic rings. The summed E-state index contributed by atoms with van der Waals surface area (Å²) in [7, 11) is 2.01. The van der Waals surface area contributed by atoms with Crippen molar-refractivity contribution in [3.8, 4) is 11.3 Å². The number of hydrogen-bond acceptors (Lipinski definition) is 2. The standard InChI is InChI=1S/C14H18N2O/c1-10-11(7-9-17)5-6-12(14(10)15)13-4-3-8-16(13)2/h3-6,8,17H,7,9,15H2,1-2H3. The highest BCUT2D eigenvalue weighted by atomic mass is 16.2. The minimum Gasteiger partial charge on any atom is -0.398 e. The second-order valence-electron chi connectivity index (χ2n) is 4.29. The Morgan fingerprint density at radius 2 is 2.06 bits per heavy atom. The molecule has 0 amide bonds. The van der Waals surface area contributed by atoms with E-state index in [2.05, 4.69) is 10.6 Å².